The van der Waals surface area contributed by atoms with Crippen LogP contribution in [0.5, 0.6) is 5.75 Å². The van der Waals surface area contributed by atoms with E-state index in [1.807, 2.05) is 24.3 Å². The van der Waals surface area contributed by atoms with Gasteiger partial charge in [0.1, 0.15) is 12.4 Å². The van der Waals surface area contributed by atoms with Gasteiger partial charge in [-0.2, -0.15) is 0 Å². The molecule has 0 fully saturated rings. The number of carbonyl (C=O) groups excluding carboxylic acids is 2. The van der Waals surface area contributed by atoms with Crippen LogP contribution >= 0.6 is 11.3 Å². The number of hydrogen-bond acceptors (Lipinski definition) is 7. The number of thiazole rings is 1. The van der Waals surface area contributed by atoms with Crippen LogP contribution in [0, 0.1) is 0 Å². The minimum atomic E-state index is -0.565. The smallest absolute Gasteiger partial charge is 0.344 e. The molecule has 0 radical (unpaired) electrons. The molecule has 31 heavy (non-hydrogen) atoms. The zero-order valence-electron chi connectivity index (χ0n) is 16.3. The molecule has 1 amide bonds. The first-order valence-electron chi connectivity index (χ1n) is 9.68. The largest absolute Gasteiger partial charge is 0.482 e. The van der Waals surface area contributed by atoms with Crippen LogP contribution < -0.4 is 15.6 Å². The first-order chi connectivity index (χ1) is 15.1. The summed E-state index contributed by atoms with van der Waals surface area (Å²) in [4.78, 5) is 41.0. The van der Waals surface area contributed by atoms with Gasteiger partial charge < -0.3 is 14.8 Å². The highest BCUT2D eigenvalue weighted by Gasteiger charge is 2.16. The number of fused-ring (bicyclic) bond motifs is 4. The molecule has 0 aliphatic carbocycles. The summed E-state index contributed by atoms with van der Waals surface area (Å²) in [5.74, 6) is -0.0499. The van der Waals surface area contributed by atoms with Crippen molar-refractivity contribution in [3.8, 4) is 5.75 Å². The van der Waals surface area contributed by atoms with Crippen LogP contribution in [0.4, 0.5) is 5.69 Å². The molecule has 8 nitrogen and oxygen atoms in total. The maximum atomic E-state index is 12.5. The Morgan fingerprint density at radius 3 is 2.90 bits per heavy atom. The normalized spacial score (nSPS) is 13.1. The minimum Gasteiger partial charge on any atom is -0.482 e. The van der Waals surface area contributed by atoms with E-state index in [-0.39, 0.29) is 24.7 Å². The number of aromatic nitrogens is 2. The molecular weight excluding hydrogens is 418 g/mol. The summed E-state index contributed by atoms with van der Waals surface area (Å²) in [6.07, 6.45) is 1.06. The Labute approximate surface area is 180 Å². The monoisotopic (exact) mass is 435 g/mol. The highest BCUT2D eigenvalue weighted by atomic mass is 32.1. The van der Waals surface area contributed by atoms with E-state index >= 15 is 0 Å². The van der Waals surface area contributed by atoms with Gasteiger partial charge in [0.25, 0.3) is 5.56 Å². The Hall–Kier alpha value is -3.72. The van der Waals surface area contributed by atoms with Crippen LogP contribution in [0.1, 0.15) is 17.7 Å². The number of ether oxygens (including phenoxy) is 2. The van der Waals surface area contributed by atoms with Crippen LogP contribution in [-0.2, 0) is 27.4 Å². The Morgan fingerprint density at radius 1 is 1.13 bits per heavy atom. The molecule has 4 aromatic rings. The van der Waals surface area contributed by atoms with Crippen LogP contribution in [0.15, 0.2) is 53.3 Å². The van der Waals surface area contributed by atoms with Gasteiger partial charge in [0.15, 0.2) is 11.6 Å². The molecule has 1 aliphatic heterocycles. The SMILES string of the molecule is O=C1CCc2cc(OCC(=O)OCc3cc(=O)n4c(n3)sc3ccccc34)ccc2N1. The maximum absolute atomic E-state index is 12.5. The number of esters is 1. The van der Waals surface area contributed by atoms with Crippen molar-refractivity contribution in [3.63, 3.8) is 0 Å². The van der Waals surface area contributed by atoms with Gasteiger partial charge >= 0.3 is 5.97 Å². The number of anilines is 1. The van der Waals surface area contributed by atoms with Crippen molar-refractivity contribution in [3.05, 3.63) is 70.1 Å². The third kappa shape index (κ3) is 3.87. The minimum absolute atomic E-state index is 0.00757. The fourth-order valence-electron chi connectivity index (χ4n) is 3.49. The number of nitrogens with one attached hydrogen (secondary N) is 1. The van der Waals surface area contributed by atoms with Crippen molar-refractivity contribution in [2.45, 2.75) is 19.4 Å². The molecular formula is C22H17N3O5S. The Balaban J connectivity index is 1.23. The van der Waals surface area contributed by atoms with Crippen molar-refractivity contribution in [1.82, 2.24) is 9.38 Å². The molecule has 9 heteroatoms. The molecule has 0 atom stereocenters. The van der Waals surface area contributed by atoms with Gasteiger partial charge in [-0.25, -0.2) is 9.78 Å². The van der Waals surface area contributed by atoms with E-state index in [2.05, 4.69) is 10.3 Å². The van der Waals surface area contributed by atoms with Crippen molar-refractivity contribution < 1.29 is 19.1 Å². The summed E-state index contributed by atoms with van der Waals surface area (Å²) >= 11 is 1.40. The quantitative estimate of drug-likeness (QED) is 0.484. The standard InChI is InChI=1S/C22H17N3O5S/c26-19-8-5-13-9-15(6-7-16(13)24-19)29-12-21(28)30-11-14-10-20(27)25-17-3-1-2-4-18(17)31-22(25)23-14/h1-4,6-7,9-10H,5,8,11-12H2,(H,24,26). The Morgan fingerprint density at radius 2 is 2.00 bits per heavy atom. The summed E-state index contributed by atoms with van der Waals surface area (Å²) in [6.45, 7) is -0.381. The lowest BCUT2D eigenvalue weighted by atomic mass is 10.0. The van der Waals surface area contributed by atoms with Crippen molar-refractivity contribution in [1.29, 1.82) is 0 Å². The number of carbonyl (C=O) groups is 2. The molecule has 156 valence electrons. The lowest BCUT2D eigenvalue weighted by molar-refractivity contribution is -0.147. The van der Waals surface area contributed by atoms with Crippen molar-refractivity contribution >= 4 is 44.1 Å². The summed E-state index contributed by atoms with van der Waals surface area (Å²) in [6, 6.07) is 14.2. The van der Waals surface area contributed by atoms with Gasteiger partial charge in [-0.1, -0.05) is 23.5 Å². The van der Waals surface area contributed by atoms with Crippen LogP contribution in [0.3, 0.4) is 0 Å². The van der Waals surface area contributed by atoms with Crippen LogP contribution in [0.2, 0.25) is 0 Å². The van der Waals surface area contributed by atoms with E-state index in [9.17, 15) is 14.4 Å². The second-order valence-corrected chi connectivity index (χ2v) is 8.10. The zero-order chi connectivity index (χ0) is 21.4. The van der Waals surface area contributed by atoms with Crippen molar-refractivity contribution in [2.75, 3.05) is 11.9 Å². The Kier molecular flexibility index (Phi) is 4.87. The number of amides is 1. The number of rotatable bonds is 5. The number of nitrogens with zero attached hydrogens (tertiary/aromatic N) is 2. The predicted octanol–water partition coefficient (Wildman–Crippen LogP) is 2.92. The lowest BCUT2D eigenvalue weighted by Gasteiger charge is -2.17. The molecule has 3 heterocycles. The summed E-state index contributed by atoms with van der Waals surface area (Å²) < 4.78 is 13.2. The molecule has 1 N–H and O–H groups in total. The van der Waals surface area contributed by atoms with Gasteiger partial charge in [-0.15, -0.1) is 0 Å². The maximum Gasteiger partial charge on any atom is 0.344 e. The fraction of sp³-hybridized carbons (Fsp3) is 0.182. The van der Waals surface area contributed by atoms with E-state index in [1.54, 1.807) is 22.6 Å². The summed E-state index contributed by atoms with van der Waals surface area (Å²) in [5.41, 5.74) is 2.70. The van der Waals surface area contributed by atoms with E-state index in [1.165, 1.54) is 17.4 Å². The first-order valence-corrected chi connectivity index (χ1v) is 10.5. The average molecular weight is 435 g/mol. The van der Waals surface area contributed by atoms with E-state index in [4.69, 9.17) is 9.47 Å². The third-order valence-electron chi connectivity index (χ3n) is 4.96. The molecule has 0 unspecified atom stereocenters. The van der Waals surface area contributed by atoms with E-state index < -0.39 is 5.97 Å². The molecule has 1 aliphatic rings. The number of aryl methyl sites for hydroxylation is 1. The molecule has 2 aromatic heterocycles. The fourth-order valence-corrected chi connectivity index (χ4v) is 4.53. The van der Waals surface area contributed by atoms with E-state index in [0.717, 1.165) is 21.5 Å². The summed E-state index contributed by atoms with van der Waals surface area (Å²) in [5, 5.41) is 2.80. The zero-order valence-corrected chi connectivity index (χ0v) is 17.1. The summed E-state index contributed by atoms with van der Waals surface area (Å²) in [7, 11) is 0. The lowest BCUT2D eigenvalue weighted by Crippen LogP contribution is -2.19. The molecule has 0 saturated heterocycles. The van der Waals surface area contributed by atoms with Gasteiger partial charge in [0.05, 0.1) is 15.9 Å². The number of benzene rings is 2. The molecule has 0 saturated carbocycles. The molecule has 0 spiro atoms. The molecule has 5 rings (SSSR count). The van der Waals surface area contributed by atoms with Crippen LogP contribution in [0.25, 0.3) is 15.2 Å². The van der Waals surface area contributed by atoms with Crippen LogP contribution in [-0.4, -0.2) is 27.9 Å². The van der Waals surface area contributed by atoms with Gasteiger partial charge in [0.2, 0.25) is 5.91 Å². The van der Waals surface area contributed by atoms with Gasteiger partial charge in [0, 0.05) is 18.2 Å². The topological polar surface area (TPSA) is 99.0 Å². The third-order valence-corrected chi connectivity index (χ3v) is 5.98. The molecule has 2 aromatic carbocycles. The molecule has 0 bridgehead atoms. The second-order valence-electron chi connectivity index (χ2n) is 7.09. The average Bonchev–Trinajstić information content (AvgIpc) is 3.15. The van der Waals surface area contributed by atoms with Gasteiger partial charge in [-0.05, 0) is 42.3 Å². The highest BCUT2D eigenvalue weighted by Crippen LogP contribution is 2.27. The van der Waals surface area contributed by atoms with E-state index in [0.29, 0.717) is 29.2 Å². The second kappa shape index (κ2) is 7.84. The van der Waals surface area contributed by atoms with Gasteiger partial charge in [-0.3, -0.25) is 14.0 Å². The first kappa shape index (κ1) is 19.3. The Bertz CT molecular complexity index is 1390. The number of para-hydroxylation sites is 1. The number of hydrogen-bond donors (Lipinski definition) is 1. The predicted molar refractivity (Wildman–Crippen MR) is 116 cm³/mol. The highest BCUT2D eigenvalue weighted by molar-refractivity contribution is 7.23. The van der Waals surface area contributed by atoms with Crippen molar-refractivity contribution in [2.24, 2.45) is 0 Å².